The maximum atomic E-state index is 11.9. The van der Waals surface area contributed by atoms with Crippen LogP contribution in [0.4, 0.5) is 0 Å². The lowest BCUT2D eigenvalue weighted by Crippen LogP contribution is -2.35. The van der Waals surface area contributed by atoms with Gasteiger partial charge in [-0.3, -0.25) is 4.79 Å². The zero-order valence-corrected chi connectivity index (χ0v) is 12.1. The molecule has 0 saturated heterocycles. The molecule has 1 rings (SSSR count). The first kappa shape index (κ1) is 15.5. The molecule has 0 aromatic rings. The van der Waals surface area contributed by atoms with Crippen molar-refractivity contribution in [3.05, 3.63) is 0 Å². The predicted octanol–water partition coefficient (Wildman–Crippen LogP) is 2.98. The van der Waals surface area contributed by atoms with Crippen LogP contribution in [-0.2, 0) is 4.79 Å². The Morgan fingerprint density at radius 3 is 2.78 bits per heavy atom. The van der Waals surface area contributed by atoms with E-state index in [4.69, 9.17) is 5.73 Å². The van der Waals surface area contributed by atoms with Crippen molar-refractivity contribution in [1.82, 2.24) is 5.32 Å². The van der Waals surface area contributed by atoms with Crippen molar-refractivity contribution < 1.29 is 4.79 Å². The van der Waals surface area contributed by atoms with E-state index in [0.717, 1.165) is 38.5 Å². The average Bonchev–Trinajstić information content (AvgIpc) is 2.36. The van der Waals surface area contributed by atoms with Crippen molar-refractivity contribution in [2.45, 2.75) is 83.7 Å². The van der Waals surface area contributed by atoms with E-state index >= 15 is 0 Å². The van der Waals surface area contributed by atoms with Crippen LogP contribution in [0.15, 0.2) is 0 Å². The van der Waals surface area contributed by atoms with E-state index in [1.165, 1.54) is 12.8 Å². The van der Waals surface area contributed by atoms with Crippen LogP contribution in [0, 0.1) is 5.92 Å². The number of nitrogens with two attached hydrogens (primary N) is 1. The topological polar surface area (TPSA) is 55.1 Å². The molecule has 3 nitrogen and oxygen atoms in total. The van der Waals surface area contributed by atoms with Crippen LogP contribution in [0.1, 0.15) is 71.6 Å². The summed E-state index contributed by atoms with van der Waals surface area (Å²) in [5.74, 6) is 0.903. The van der Waals surface area contributed by atoms with Crippen LogP contribution in [0.3, 0.4) is 0 Å². The zero-order chi connectivity index (χ0) is 13.4. The lowest BCUT2D eigenvalue weighted by atomic mass is 9.83. The van der Waals surface area contributed by atoms with Crippen molar-refractivity contribution in [3.8, 4) is 0 Å². The number of hydrogen-bond acceptors (Lipinski definition) is 2. The zero-order valence-electron chi connectivity index (χ0n) is 12.1. The molecule has 3 atom stereocenters. The summed E-state index contributed by atoms with van der Waals surface area (Å²) in [5, 5.41) is 3.15. The molecule has 3 heteroatoms. The summed E-state index contributed by atoms with van der Waals surface area (Å²) in [5.41, 5.74) is 5.97. The van der Waals surface area contributed by atoms with E-state index in [2.05, 4.69) is 19.2 Å². The average molecular weight is 254 g/mol. The van der Waals surface area contributed by atoms with Gasteiger partial charge in [-0.05, 0) is 38.0 Å². The minimum absolute atomic E-state index is 0.231. The minimum atomic E-state index is 0.231. The number of nitrogens with one attached hydrogen (secondary N) is 1. The Bertz CT molecular complexity index is 243. The highest BCUT2D eigenvalue weighted by molar-refractivity contribution is 5.76. The summed E-state index contributed by atoms with van der Waals surface area (Å²) >= 11 is 0. The Balaban J connectivity index is 2.19. The molecule has 3 unspecified atom stereocenters. The number of hydrogen-bond donors (Lipinski definition) is 2. The summed E-state index contributed by atoms with van der Waals surface area (Å²) in [7, 11) is 0. The second-order valence-corrected chi connectivity index (χ2v) is 5.79. The van der Waals surface area contributed by atoms with Gasteiger partial charge < -0.3 is 11.1 Å². The maximum Gasteiger partial charge on any atom is 0.220 e. The van der Waals surface area contributed by atoms with Crippen molar-refractivity contribution in [3.63, 3.8) is 0 Å². The minimum Gasteiger partial charge on any atom is -0.353 e. The van der Waals surface area contributed by atoms with Gasteiger partial charge >= 0.3 is 0 Å². The first-order valence-corrected chi connectivity index (χ1v) is 7.70. The number of amides is 1. The maximum absolute atomic E-state index is 11.9. The molecular weight excluding hydrogens is 224 g/mol. The molecule has 0 aromatic heterocycles. The van der Waals surface area contributed by atoms with Crippen LogP contribution in [0.5, 0.6) is 0 Å². The molecule has 18 heavy (non-hydrogen) atoms. The second-order valence-electron chi connectivity index (χ2n) is 5.79. The molecule has 1 saturated carbocycles. The molecule has 0 heterocycles. The lowest BCUT2D eigenvalue weighted by molar-refractivity contribution is -0.122. The fourth-order valence-electron chi connectivity index (χ4n) is 2.96. The number of carbonyl (C=O) groups is 1. The predicted molar refractivity (Wildman–Crippen MR) is 76.3 cm³/mol. The van der Waals surface area contributed by atoms with Gasteiger partial charge in [-0.2, -0.15) is 0 Å². The molecule has 106 valence electrons. The summed E-state index contributed by atoms with van der Waals surface area (Å²) in [4.78, 5) is 11.9. The van der Waals surface area contributed by atoms with Crippen molar-refractivity contribution in [1.29, 1.82) is 0 Å². The summed E-state index contributed by atoms with van der Waals surface area (Å²) < 4.78 is 0. The van der Waals surface area contributed by atoms with Gasteiger partial charge in [0.15, 0.2) is 0 Å². The molecule has 1 aliphatic rings. The molecule has 0 aliphatic heterocycles. The normalized spacial score (nSPS) is 25.7. The SMILES string of the molecule is CCCC(CC)NC(=O)CCC1CCCC(N)C1. The first-order valence-electron chi connectivity index (χ1n) is 7.70. The fourth-order valence-corrected chi connectivity index (χ4v) is 2.96. The largest absolute Gasteiger partial charge is 0.353 e. The Morgan fingerprint density at radius 1 is 1.39 bits per heavy atom. The third kappa shape index (κ3) is 5.85. The highest BCUT2D eigenvalue weighted by Gasteiger charge is 2.20. The lowest BCUT2D eigenvalue weighted by Gasteiger charge is -2.26. The smallest absolute Gasteiger partial charge is 0.220 e. The monoisotopic (exact) mass is 254 g/mol. The van der Waals surface area contributed by atoms with Gasteiger partial charge in [0.05, 0.1) is 0 Å². The summed E-state index contributed by atoms with van der Waals surface area (Å²) in [6.07, 6.45) is 9.73. The highest BCUT2D eigenvalue weighted by atomic mass is 16.1. The van der Waals surface area contributed by atoms with E-state index in [0.29, 0.717) is 24.4 Å². The molecule has 0 radical (unpaired) electrons. The van der Waals surface area contributed by atoms with E-state index < -0.39 is 0 Å². The Kier molecular flexibility index (Phi) is 7.33. The van der Waals surface area contributed by atoms with Crippen molar-refractivity contribution in [2.75, 3.05) is 0 Å². The third-order valence-electron chi connectivity index (χ3n) is 4.10. The van der Waals surface area contributed by atoms with E-state index in [9.17, 15) is 4.79 Å². The Hall–Kier alpha value is -0.570. The second kappa shape index (κ2) is 8.52. The molecule has 3 N–H and O–H groups in total. The van der Waals surface area contributed by atoms with Crippen molar-refractivity contribution >= 4 is 5.91 Å². The van der Waals surface area contributed by atoms with Gasteiger partial charge in [0.25, 0.3) is 0 Å². The quantitative estimate of drug-likeness (QED) is 0.734. The van der Waals surface area contributed by atoms with Crippen LogP contribution in [0.25, 0.3) is 0 Å². The van der Waals surface area contributed by atoms with E-state index in [1.807, 2.05) is 0 Å². The first-order chi connectivity index (χ1) is 8.65. The standard InChI is InChI=1S/C15H30N2O/c1-3-6-14(4-2)17-15(18)10-9-12-7-5-8-13(16)11-12/h12-14H,3-11,16H2,1-2H3,(H,17,18). The number of carbonyl (C=O) groups excluding carboxylic acids is 1. The molecule has 0 bridgehead atoms. The molecule has 1 fully saturated rings. The van der Waals surface area contributed by atoms with Crippen LogP contribution < -0.4 is 11.1 Å². The van der Waals surface area contributed by atoms with Crippen molar-refractivity contribution in [2.24, 2.45) is 11.7 Å². The Labute approximate surface area is 112 Å². The van der Waals surface area contributed by atoms with Crippen LogP contribution >= 0.6 is 0 Å². The summed E-state index contributed by atoms with van der Waals surface area (Å²) in [6.45, 7) is 4.30. The van der Waals surface area contributed by atoms with Gasteiger partial charge in [-0.15, -0.1) is 0 Å². The fraction of sp³-hybridized carbons (Fsp3) is 0.933. The van der Waals surface area contributed by atoms with Gasteiger partial charge in [-0.1, -0.05) is 33.1 Å². The molecule has 1 aliphatic carbocycles. The van der Waals surface area contributed by atoms with Gasteiger partial charge in [0, 0.05) is 18.5 Å². The molecule has 1 amide bonds. The van der Waals surface area contributed by atoms with Gasteiger partial charge in [-0.25, -0.2) is 0 Å². The van der Waals surface area contributed by atoms with E-state index in [1.54, 1.807) is 0 Å². The molecule has 0 spiro atoms. The third-order valence-corrected chi connectivity index (χ3v) is 4.10. The Morgan fingerprint density at radius 2 is 2.17 bits per heavy atom. The summed E-state index contributed by atoms with van der Waals surface area (Å²) in [6, 6.07) is 0.742. The molecule has 0 aromatic carbocycles. The van der Waals surface area contributed by atoms with E-state index in [-0.39, 0.29) is 5.91 Å². The van der Waals surface area contributed by atoms with Crippen LogP contribution in [0.2, 0.25) is 0 Å². The highest BCUT2D eigenvalue weighted by Crippen LogP contribution is 2.26. The van der Waals surface area contributed by atoms with Gasteiger partial charge in [0.2, 0.25) is 5.91 Å². The number of rotatable bonds is 7. The molecular formula is C15H30N2O. The van der Waals surface area contributed by atoms with Gasteiger partial charge in [0.1, 0.15) is 0 Å². The van der Waals surface area contributed by atoms with Crippen LogP contribution in [-0.4, -0.2) is 18.0 Å².